The Morgan fingerprint density at radius 3 is 2.95 bits per heavy atom. The van der Waals surface area contributed by atoms with Gasteiger partial charge in [-0.2, -0.15) is 0 Å². The summed E-state index contributed by atoms with van der Waals surface area (Å²) in [6.45, 7) is 0.548. The fourth-order valence-corrected chi connectivity index (χ4v) is 3.41. The first kappa shape index (κ1) is 12.4. The Morgan fingerprint density at radius 2 is 2.16 bits per heavy atom. The van der Waals surface area contributed by atoms with Crippen LogP contribution in [0.25, 0.3) is 10.9 Å². The topological polar surface area (TPSA) is 44.9 Å². The van der Waals surface area contributed by atoms with Crippen LogP contribution in [0, 0.1) is 0 Å². The van der Waals surface area contributed by atoms with E-state index in [1.165, 1.54) is 0 Å². The molecule has 3 aromatic rings. The van der Waals surface area contributed by atoms with Crippen molar-refractivity contribution in [3.05, 3.63) is 56.8 Å². The van der Waals surface area contributed by atoms with Crippen LogP contribution in [-0.2, 0) is 6.54 Å². The lowest BCUT2D eigenvalue weighted by Crippen LogP contribution is -2.22. The molecule has 0 radical (unpaired) electrons. The minimum atomic E-state index is -0.0578. The van der Waals surface area contributed by atoms with Crippen LogP contribution in [0.3, 0.4) is 0 Å². The summed E-state index contributed by atoms with van der Waals surface area (Å²) in [4.78, 5) is 16.4. The lowest BCUT2D eigenvalue weighted by molar-refractivity contribution is 0.0953. The van der Waals surface area contributed by atoms with E-state index in [1.54, 1.807) is 11.3 Å². The van der Waals surface area contributed by atoms with Crippen LogP contribution < -0.4 is 5.32 Å². The first-order valence-electron chi connectivity index (χ1n) is 5.82. The molecule has 5 heteroatoms. The van der Waals surface area contributed by atoms with Crippen molar-refractivity contribution in [3.8, 4) is 0 Å². The molecule has 0 saturated carbocycles. The van der Waals surface area contributed by atoms with Gasteiger partial charge in [0.1, 0.15) is 0 Å². The molecular formula is C14H11BrN2OS. The fraction of sp³-hybridized carbons (Fsp3) is 0.0714. The number of rotatable bonds is 3. The van der Waals surface area contributed by atoms with E-state index in [-0.39, 0.29) is 5.91 Å². The van der Waals surface area contributed by atoms with Gasteiger partial charge in [0.2, 0.25) is 0 Å². The number of H-pyrrole nitrogens is 1. The molecule has 0 saturated heterocycles. The molecule has 0 unspecified atom stereocenters. The molecule has 1 amide bonds. The molecule has 2 heterocycles. The normalized spacial score (nSPS) is 10.8. The Hall–Kier alpha value is -1.59. The number of benzene rings is 1. The second kappa shape index (κ2) is 5.19. The van der Waals surface area contributed by atoms with Gasteiger partial charge in [0.05, 0.1) is 21.4 Å². The van der Waals surface area contributed by atoms with E-state index in [9.17, 15) is 4.79 Å². The Labute approximate surface area is 122 Å². The summed E-state index contributed by atoms with van der Waals surface area (Å²) in [6.07, 6.45) is 1.85. The number of halogens is 1. The first-order valence-corrected chi connectivity index (χ1v) is 7.43. The van der Waals surface area contributed by atoms with E-state index < -0.39 is 0 Å². The monoisotopic (exact) mass is 334 g/mol. The number of hydrogen-bond donors (Lipinski definition) is 2. The largest absolute Gasteiger partial charge is 0.361 e. The van der Waals surface area contributed by atoms with Crippen molar-refractivity contribution in [1.29, 1.82) is 0 Å². The van der Waals surface area contributed by atoms with E-state index in [2.05, 4.69) is 26.2 Å². The zero-order valence-electron chi connectivity index (χ0n) is 9.94. The number of fused-ring (bicyclic) bond motifs is 1. The van der Waals surface area contributed by atoms with Crippen molar-refractivity contribution >= 4 is 44.1 Å². The summed E-state index contributed by atoms with van der Waals surface area (Å²) < 4.78 is 1.07. The number of carbonyl (C=O) groups is 1. The average molecular weight is 335 g/mol. The zero-order chi connectivity index (χ0) is 13.2. The molecule has 96 valence electrons. The number of amides is 1. The molecule has 2 aromatic heterocycles. The number of aromatic amines is 1. The van der Waals surface area contributed by atoms with Gasteiger partial charge in [0, 0.05) is 16.5 Å². The van der Waals surface area contributed by atoms with Crippen LogP contribution in [0.5, 0.6) is 0 Å². The smallest absolute Gasteiger partial charge is 0.253 e. The number of hydrogen-bond acceptors (Lipinski definition) is 2. The molecule has 0 fully saturated rings. The van der Waals surface area contributed by atoms with Crippen molar-refractivity contribution < 1.29 is 4.79 Å². The summed E-state index contributed by atoms with van der Waals surface area (Å²) in [7, 11) is 0. The summed E-state index contributed by atoms with van der Waals surface area (Å²) in [5, 5.41) is 3.99. The molecule has 0 atom stereocenters. The third-order valence-corrected chi connectivity index (χ3v) is 4.51. The predicted octanol–water partition coefficient (Wildman–Crippen LogP) is 3.92. The van der Waals surface area contributed by atoms with Crippen LogP contribution in [0.1, 0.15) is 15.2 Å². The highest BCUT2D eigenvalue weighted by molar-refractivity contribution is 9.11. The van der Waals surface area contributed by atoms with Gasteiger partial charge in [-0.05, 0) is 40.2 Å². The van der Waals surface area contributed by atoms with Crippen LogP contribution in [-0.4, -0.2) is 10.9 Å². The van der Waals surface area contributed by atoms with Gasteiger partial charge in [-0.25, -0.2) is 0 Å². The molecule has 1 aromatic carbocycles. The summed E-state index contributed by atoms with van der Waals surface area (Å²) in [6, 6.07) is 11.7. The molecule has 0 aliphatic heterocycles. The van der Waals surface area contributed by atoms with Crippen LogP contribution in [0.4, 0.5) is 0 Å². The van der Waals surface area contributed by atoms with E-state index in [1.807, 2.05) is 42.6 Å². The number of carbonyl (C=O) groups excluding carboxylic acids is 1. The maximum Gasteiger partial charge on any atom is 0.253 e. The highest BCUT2D eigenvalue weighted by Crippen LogP contribution is 2.22. The lowest BCUT2D eigenvalue weighted by Gasteiger charge is -2.05. The molecule has 3 rings (SSSR count). The van der Waals surface area contributed by atoms with Crippen LogP contribution in [0.15, 0.2) is 46.4 Å². The zero-order valence-corrected chi connectivity index (χ0v) is 12.3. The molecule has 0 bridgehead atoms. The van der Waals surface area contributed by atoms with Gasteiger partial charge in [-0.3, -0.25) is 4.79 Å². The standard InChI is InChI=1S/C14H11BrN2OS/c15-12-5-4-10(19-12)8-17-14(18)11-3-1-2-9-6-7-16-13(9)11/h1-7,16H,8H2,(H,17,18). The molecule has 0 aliphatic rings. The van der Waals surface area contributed by atoms with Crippen LogP contribution >= 0.6 is 27.3 Å². The highest BCUT2D eigenvalue weighted by Gasteiger charge is 2.10. The molecule has 2 N–H and O–H groups in total. The Bertz CT molecular complexity index is 732. The molecule has 3 nitrogen and oxygen atoms in total. The van der Waals surface area contributed by atoms with Crippen molar-refractivity contribution in [2.45, 2.75) is 6.54 Å². The number of nitrogens with one attached hydrogen (secondary N) is 2. The quantitative estimate of drug-likeness (QED) is 0.749. The molecule has 0 spiro atoms. The average Bonchev–Trinajstić information content (AvgIpc) is 3.03. The second-order valence-corrected chi connectivity index (χ2v) is 6.68. The number of para-hydroxylation sites is 1. The van der Waals surface area contributed by atoms with E-state index in [0.717, 1.165) is 19.6 Å². The van der Waals surface area contributed by atoms with Crippen molar-refractivity contribution in [2.24, 2.45) is 0 Å². The minimum absolute atomic E-state index is 0.0578. The van der Waals surface area contributed by atoms with Crippen molar-refractivity contribution in [1.82, 2.24) is 10.3 Å². The molecular weight excluding hydrogens is 324 g/mol. The summed E-state index contributed by atoms with van der Waals surface area (Å²) in [5.74, 6) is -0.0578. The maximum absolute atomic E-state index is 12.2. The van der Waals surface area contributed by atoms with Gasteiger partial charge in [0.15, 0.2) is 0 Å². The summed E-state index contributed by atoms with van der Waals surface area (Å²) in [5.41, 5.74) is 1.56. The van der Waals surface area contributed by atoms with Gasteiger partial charge in [-0.15, -0.1) is 11.3 Å². The Kier molecular flexibility index (Phi) is 3.40. The van der Waals surface area contributed by atoms with Gasteiger partial charge >= 0.3 is 0 Å². The number of thiophene rings is 1. The third kappa shape index (κ3) is 2.57. The Balaban J connectivity index is 1.78. The Morgan fingerprint density at radius 1 is 1.26 bits per heavy atom. The maximum atomic E-state index is 12.2. The highest BCUT2D eigenvalue weighted by atomic mass is 79.9. The van der Waals surface area contributed by atoms with Crippen LogP contribution in [0.2, 0.25) is 0 Å². The summed E-state index contributed by atoms with van der Waals surface area (Å²) >= 11 is 5.04. The second-order valence-electron chi connectivity index (χ2n) is 4.14. The first-order chi connectivity index (χ1) is 9.24. The van der Waals surface area contributed by atoms with Crippen molar-refractivity contribution in [3.63, 3.8) is 0 Å². The lowest BCUT2D eigenvalue weighted by atomic mass is 10.1. The molecule has 0 aliphatic carbocycles. The van der Waals surface area contributed by atoms with Gasteiger partial charge < -0.3 is 10.3 Å². The fourth-order valence-electron chi connectivity index (χ4n) is 1.98. The van der Waals surface area contributed by atoms with Crippen molar-refractivity contribution in [2.75, 3.05) is 0 Å². The minimum Gasteiger partial charge on any atom is -0.361 e. The van der Waals surface area contributed by atoms with E-state index >= 15 is 0 Å². The van der Waals surface area contributed by atoms with E-state index in [4.69, 9.17) is 0 Å². The van der Waals surface area contributed by atoms with E-state index in [0.29, 0.717) is 12.1 Å². The third-order valence-electron chi connectivity index (χ3n) is 2.88. The number of aromatic nitrogens is 1. The molecule has 19 heavy (non-hydrogen) atoms. The predicted molar refractivity (Wildman–Crippen MR) is 81.5 cm³/mol. The van der Waals surface area contributed by atoms with Gasteiger partial charge in [-0.1, -0.05) is 12.1 Å². The van der Waals surface area contributed by atoms with Gasteiger partial charge in [0.25, 0.3) is 5.91 Å². The SMILES string of the molecule is O=C(NCc1ccc(Br)s1)c1cccc2cc[nH]c12.